The Labute approximate surface area is 135 Å². The fourth-order valence-corrected chi connectivity index (χ4v) is 2.40. The normalized spacial score (nSPS) is 15.0. The Morgan fingerprint density at radius 3 is 2.09 bits per heavy atom. The van der Waals surface area contributed by atoms with Crippen LogP contribution in [0.5, 0.6) is 0 Å². The van der Waals surface area contributed by atoms with Crippen molar-refractivity contribution in [2.45, 2.75) is 33.1 Å². The molecule has 122 valence electrons. The minimum Gasteiger partial charge on any atom is -0.292 e. The molecular weight excluding hydrogens is 296 g/mol. The third-order valence-electron chi connectivity index (χ3n) is 3.78. The molecule has 0 bridgehead atoms. The molecule has 0 radical (unpaired) electrons. The van der Waals surface area contributed by atoms with E-state index in [2.05, 4.69) is 0 Å². The van der Waals surface area contributed by atoms with Gasteiger partial charge in [-0.3, -0.25) is 19.3 Å². The zero-order valence-electron chi connectivity index (χ0n) is 13.5. The Balaban J connectivity index is 2.12. The van der Waals surface area contributed by atoms with Gasteiger partial charge in [0, 0.05) is 12.1 Å². The number of ketones is 1. The van der Waals surface area contributed by atoms with Crippen LogP contribution in [-0.4, -0.2) is 46.5 Å². The zero-order chi connectivity index (χ0) is 17.1. The van der Waals surface area contributed by atoms with Gasteiger partial charge in [-0.25, -0.2) is 9.69 Å². The van der Waals surface area contributed by atoms with Crippen molar-refractivity contribution in [3.63, 3.8) is 0 Å². The second kappa shape index (κ2) is 6.73. The lowest BCUT2D eigenvalue weighted by molar-refractivity contribution is -0.143. The first kappa shape index (κ1) is 16.9. The number of amides is 4. The van der Waals surface area contributed by atoms with Crippen molar-refractivity contribution in [2.75, 3.05) is 13.1 Å². The molecule has 0 spiro atoms. The fourth-order valence-electron chi connectivity index (χ4n) is 2.40. The number of nitrogens with zero attached hydrogens (tertiary/aromatic N) is 2. The van der Waals surface area contributed by atoms with Gasteiger partial charge in [0.2, 0.25) is 0 Å². The molecule has 0 aromatic heterocycles. The van der Waals surface area contributed by atoms with Gasteiger partial charge in [-0.15, -0.1) is 0 Å². The van der Waals surface area contributed by atoms with Crippen LogP contribution in [0.15, 0.2) is 24.3 Å². The van der Waals surface area contributed by atoms with Crippen LogP contribution in [0, 0.1) is 0 Å². The van der Waals surface area contributed by atoms with E-state index in [0.29, 0.717) is 17.9 Å². The molecule has 1 heterocycles. The van der Waals surface area contributed by atoms with Crippen molar-refractivity contribution in [2.24, 2.45) is 0 Å². The molecular formula is C17H20N2O4. The van der Waals surface area contributed by atoms with Gasteiger partial charge in [0.1, 0.15) is 0 Å². The molecule has 2 rings (SSSR count). The Morgan fingerprint density at radius 1 is 1.00 bits per heavy atom. The summed E-state index contributed by atoms with van der Waals surface area (Å²) in [6.07, 6.45) is 0.559. The van der Waals surface area contributed by atoms with E-state index < -0.39 is 24.4 Å². The number of urea groups is 1. The number of Topliss-reactive ketones (excluding diaryl/α,β-unsaturated/α-hetero) is 1. The van der Waals surface area contributed by atoms with Gasteiger partial charge in [0.15, 0.2) is 5.78 Å². The van der Waals surface area contributed by atoms with E-state index in [0.717, 1.165) is 15.4 Å². The largest absolute Gasteiger partial charge is 0.334 e. The number of hydrogen-bond acceptors (Lipinski definition) is 4. The number of hydrogen-bond donors (Lipinski definition) is 0. The Bertz CT molecular complexity index is 649. The predicted octanol–water partition coefficient (Wildman–Crippen LogP) is 2.19. The average molecular weight is 316 g/mol. The van der Waals surface area contributed by atoms with Crippen LogP contribution in [0.3, 0.4) is 0 Å². The van der Waals surface area contributed by atoms with E-state index in [4.69, 9.17) is 0 Å². The van der Waals surface area contributed by atoms with Crippen LogP contribution in [0.25, 0.3) is 0 Å². The van der Waals surface area contributed by atoms with Crippen molar-refractivity contribution in [3.8, 4) is 0 Å². The zero-order valence-corrected chi connectivity index (χ0v) is 13.5. The van der Waals surface area contributed by atoms with Gasteiger partial charge in [0.05, 0.1) is 6.54 Å². The van der Waals surface area contributed by atoms with E-state index in [9.17, 15) is 19.2 Å². The Kier molecular flexibility index (Phi) is 4.93. The van der Waals surface area contributed by atoms with Crippen molar-refractivity contribution < 1.29 is 19.2 Å². The summed E-state index contributed by atoms with van der Waals surface area (Å²) < 4.78 is 0. The summed E-state index contributed by atoms with van der Waals surface area (Å²) in [6.45, 7) is 5.66. The first-order valence-corrected chi connectivity index (χ1v) is 7.67. The summed E-state index contributed by atoms with van der Waals surface area (Å²) in [6, 6.07) is 6.33. The summed E-state index contributed by atoms with van der Waals surface area (Å²) in [5.74, 6) is -1.82. The molecule has 1 aliphatic rings. The van der Waals surface area contributed by atoms with Gasteiger partial charge in [-0.2, -0.15) is 0 Å². The molecule has 1 aromatic rings. The van der Waals surface area contributed by atoms with Crippen molar-refractivity contribution in [1.82, 2.24) is 9.80 Å². The molecule has 6 nitrogen and oxygen atoms in total. The second-order valence-electron chi connectivity index (χ2n) is 5.83. The van der Waals surface area contributed by atoms with Gasteiger partial charge in [0.25, 0.3) is 0 Å². The third kappa shape index (κ3) is 3.31. The van der Waals surface area contributed by atoms with Crippen LogP contribution >= 0.6 is 0 Å². The molecule has 0 atom stereocenters. The molecule has 0 N–H and O–H groups in total. The fraction of sp³-hybridized carbons (Fsp3) is 0.412. The number of imide groups is 2. The molecule has 1 aromatic carbocycles. The maximum Gasteiger partial charge on any atom is 0.334 e. The molecule has 0 unspecified atom stereocenters. The van der Waals surface area contributed by atoms with Crippen LogP contribution in [0.2, 0.25) is 0 Å². The summed E-state index contributed by atoms with van der Waals surface area (Å²) in [7, 11) is 0. The van der Waals surface area contributed by atoms with Crippen LogP contribution in [-0.2, 0) is 9.59 Å². The minimum atomic E-state index is -0.935. The first-order valence-electron chi connectivity index (χ1n) is 7.67. The topological polar surface area (TPSA) is 74.8 Å². The van der Waals surface area contributed by atoms with Crippen molar-refractivity contribution in [3.05, 3.63) is 35.4 Å². The van der Waals surface area contributed by atoms with Gasteiger partial charge in [-0.05, 0) is 17.9 Å². The number of carbonyl (C=O) groups excluding carboxylic acids is 4. The molecule has 6 heteroatoms. The first-order chi connectivity index (χ1) is 10.9. The molecule has 1 fully saturated rings. The SMILES string of the molecule is CCCN1C(=O)C(=O)N(CC(=O)c2ccc(C(C)C)cc2)C1=O. The molecule has 0 saturated carbocycles. The summed E-state index contributed by atoms with van der Waals surface area (Å²) in [4.78, 5) is 49.6. The highest BCUT2D eigenvalue weighted by Gasteiger charge is 2.44. The van der Waals surface area contributed by atoms with E-state index in [1.165, 1.54) is 0 Å². The maximum atomic E-state index is 12.3. The lowest BCUT2D eigenvalue weighted by Gasteiger charge is -2.14. The predicted molar refractivity (Wildman–Crippen MR) is 84.0 cm³/mol. The Morgan fingerprint density at radius 2 is 1.57 bits per heavy atom. The Hall–Kier alpha value is -2.50. The summed E-state index contributed by atoms with van der Waals surface area (Å²) in [5.41, 5.74) is 1.51. The lowest BCUT2D eigenvalue weighted by atomic mass is 10.0. The van der Waals surface area contributed by atoms with Crippen molar-refractivity contribution >= 4 is 23.6 Å². The molecule has 4 amide bonds. The van der Waals surface area contributed by atoms with Crippen LogP contribution in [0.1, 0.15) is 49.0 Å². The number of rotatable bonds is 6. The van der Waals surface area contributed by atoms with Crippen molar-refractivity contribution in [1.29, 1.82) is 0 Å². The van der Waals surface area contributed by atoms with Gasteiger partial charge in [-0.1, -0.05) is 45.0 Å². The standard InChI is InChI=1S/C17H20N2O4/c1-4-9-18-15(21)16(22)19(17(18)23)10-14(20)13-7-5-12(6-8-13)11(2)3/h5-8,11H,4,9-10H2,1-3H3. The number of carbonyl (C=O) groups is 4. The molecule has 23 heavy (non-hydrogen) atoms. The van der Waals surface area contributed by atoms with Gasteiger partial charge >= 0.3 is 17.8 Å². The van der Waals surface area contributed by atoms with Gasteiger partial charge < -0.3 is 0 Å². The highest BCUT2D eigenvalue weighted by atomic mass is 16.2. The van der Waals surface area contributed by atoms with E-state index in [1.807, 2.05) is 26.0 Å². The monoisotopic (exact) mass is 316 g/mol. The van der Waals surface area contributed by atoms with Crippen LogP contribution < -0.4 is 0 Å². The van der Waals surface area contributed by atoms with E-state index in [-0.39, 0.29) is 12.3 Å². The smallest absolute Gasteiger partial charge is 0.292 e. The molecule has 0 aliphatic carbocycles. The van der Waals surface area contributed by atoms with E-state index >= 15 is 0 Å². The molecule has 1 aliphatic heterocycles. The summed E-state index contributed by atoms with van der Waals surface area (Å²) >= 11 is 0. The highest BCUT2D eigenvalue weighted by molar-refractivity contribution is 6.45. The van der Waals surface area contributed by atoms with Crippen LogP contribution in [0.4, 0.5) is 4.79 Å². The lowest BCUT2D eigenvalue weighted by Crippen LogP contribution is -2.37. The highest BCUT2D eigenvalue weighted by Crippen LogP contribution is 2.17. The second-order valence-corrected chi connectivity index (χ2v) is 5.83. The summed E-state index contributed by atoms with van der Waals surface area (Å²) in [5, 5.41) is 0. The quantitative estimate of drug-likeness (QED) is 0.458. The molecule has 1 saturated heterocycles. The third-order valence-corrected chi connectivity index (χ3v) is 3.78. The maximum absolute atomic E-state index is 12.3. The number of benzene rings is 1. The minimum absolute atomic E-state index is 0.178. The average Bonchev–Trinajstić information content (AvgIpc) is 2.73. The van der Waals surface area contributed by atoms with E-state index in [1.54, 1.807) is 19.1 Å².